The largest absolute Gasteiger partial charge is 0.466 e. The molecular formula is C18H20N2O3. The second-order valence-electron chi connectivity index (χ2n) is 4.96. The lowest BCUT2D eigenvalue weighted by Crippen LogP contribution is -2.25. The number of rotatable bonds is 7. The van der Waals surface area contributed by atoms with E-state index in [1.165, 1.54) is 0 Å². The third-order valence-electron chi connectivity index (χ3n) is 3.24. The summed E-state index contributed by atoms with van der Waals surface area (Å²) in [4.78, 5) is 27.5. The average Bonchev–Trinajstić information content (AvgIpc) is 2.60. The molecule has 23 heavy (non-hydrogen) atoms. The summed E-state index contributed by atoms with van der Waals surface area (Å²) in [5, 5.41) is 2.77. The number of amides is 1. The van der Waals surface area contributed by atoms with Gasteiger partial charge in [0, 0.05) is 24.7 Å². The normalized spacial score (nSPS) is 10.1. The molecular weight excluding hydrogens is 292 g/mol. The summed E-state index contributed by atoms with van der Waals surface area (Å²) in [6.07, 6.45) is 2.42. The first-order valence-electron chi connectivity index (χ1n) is 7.66. The summed E-state index contributed by atoms with van der Waals surface area (Å²) in [5.74, 6) is -0.434. The molecule has 1 amide bonds. The summed E-state index contributed by atoms with van der Waals surface area (Å²) < 4.78 is 4.83. The summed E-state index contributed by atoms with van der Waals surface area (Å²) >= 11 is 0. The van der Waals surface area contributed by atoms with Crippen LogP contribution in [-0.2, 0) is 9.53 Å². The Bertz CT molecular complexity index is 639. The zero-order valence-corrected chi connectivity index (χ0v) is 13.1. The van der Waals surface area contributed by atoms with Gasteiger partial charge in [0.25, 0.3) is 5.91 Å². The molecule has 0 saturated carbocycles. The summed E-state index contributed by atoms with van der Waals surface area (Å²) in [5.41, 5.74) is 2.33. The molecule has 0 atom stereocenters. The van der Waals surface area contributed by atoms with E-state index in [4.69, 9.17) is 4.74 Å². The molecule has 5 nitrogen and oxygen atoms in total. The van der Waals surface area contributed by atoms with Gasteiger partial charge in [-0.25, -0.2) is 0 Å². The van der Waals surface area contributed by atoms with Gasteiger partial charge in [-0.15, -0.1) is 0 Å². The molecule has 120 valence electrons. The number of hydrogen-bond acceptors (Lipinski definition) is 4. The molecule has 2 rings (SSSR count). The Morgan fingerprint density at radius 1 is 1.13 bits per heavy atom. The monoisotopic (exact) mass is 312 g/mol. The number of hydrogen-bond donors (Lipinski definition) is 1. The van der Waals surface area contributed by atoms with Crippen molar-refractivity contribution in [2.45, 2.75) is 19.8 Å². The smallest absolute Gasteiger partial charge is 0.305 e. The fourth-order valence-electron chi connectivity index (χ4n) is 2.08. The van der Waals surface area contributed by atoms with Crippen molar-refractivity contribution in [3.63, 3.8) is 0 Å². The van der Waals surface area contributed by atoms with Crippen LogP contribution in [0.5, 0.6) is 0 Å². The molecule has 5 heteroatoms. The van der Waals surface area contributed by atoms with E-state index in [9.17, 15) is 9.59 Å². The Kier molecular flexibility index (Phi) is 6.29. The zero-order valence-electron chi connectivity index (χ0n) is 13.1. The number of carbonyl (C=O) groups is 2. The Balaban J connectivity index is 1.82. The van der Waals surface area contributed by atoms with E-state index in [1.807, 2.05) is 36.4 Å². The van der Waals surface area contributed by atoms with Gasteiger partial charge in [-0.05, 0) is 25.5 Å². The predicted molar refractivity (Wildman–Crippen MR) is 87.9 cm³/mol. The van der Waals surface area contributed by atoms with Crippen molar-refractivity contribution in [2.24, 2.45) is 0 Å². The highest BCUT2D eigenvalue weighted by Gasteiger charge is 2.07. The fraction of sp³-hybridized carbons (Fsp3) is 0.278. The van der Waals surface area contributed by atoms with Crippen LogP contribution in [0.15, 0.2) is 48.7 Å². The van der Waals surface area contributed by atoms with Crippen molar-refractivity contribution in [2.75, 3.05) is 13.2 Å². The lowest BCUT2D eigenvalue weighted by molar-refractivity contribution is -0.143. The molecule has 1 heterocycles. The maximum atomic E-state index is 12.0. The molecule has 0 aliphatic rings. The second-order valence-corrected chi connectivity index (χ2v) is 4.96. The first-order chi connectivity index (χ1) is 11.2. The van der Waals surface area contributed by atoms with Crippen molar-refractivity contribution >= 4 is 11.9 Å². The van der Waals surface area contributed by atoms with Crippen molar-refractivity contribution in [3.8, 4) is 11.3 Å². The molecule has 0 bridgehead atoms. The topological polar surface area (TPSA) is 68.3 Å². The lowest BCUT2D eigenvalue weighted by atomic mass is 10.1. The third-order valence-corrected chi connectivity index (χ3v) is 3.24. The molecule has 1 N–H and O–H groups in total. The maximum absolute atomic E-state index is 12.0. The van der Waals surface area contributed by atoms with Gasteiger partial charge in [0.1, 0.15) is 0 Å². The van der Waals surface area contributed by atoms with Crippen LogP contribution in [-0.4, -0.2) is 30.0 Å². The van der Waals surface area contributed by atoms with Crippen molar-refractivity contribution in [1.29, 1.82) is 0 Å². The Morgan fingerprint density at radius 2 is 1.91 bits per heavy atom. The first-order valence-corrected chi connectivity index (χ1v) is 7.66. The molecule has 0 spiro atoms. The van der Waals surface area contributed by atoms with Gasteiger partial charge in [0.2, 0.25) is 0 Å². The second kappa shape index (κ2) is 8.68. The molecule has 1 aromatic carbocycles. The molecule has 0 aliphatic heterocycles. The molecule has 2 aromatic rings. The van der Waals surface area contributed by atoms with Gasteiger partial charge in [0.05, 0.1) is 17.9 Å². The predicted octanol–water partition coefficient (Wildman–Crippen LogP) is 2.82. The minimum Gasteiger partial charge on any atom is -0.466 e. The van der Waals surface area contributed by atoms with E-state index in [1.54, 1.807) is 19.2 Å². The number of esters is 1. The standard InChI is InChI=1S/C18H20N2O3/c1-2-23-17(21)9-6-12-19-18(22)15-10-11-16(20-13-15)14-7-4-3-5-8-14/h3-5,7-8,10-11,13H,2,6,9,12H2,1H3,(H,19,22). The molecule has 1 aromatic heterocycles. The number of pyridine rings is 1. The summed E-state index contributed by atoms with van der Waals surface area (Å²) in [6, 6.07) is 13.3. The maximum Gasteiger partial charge on any atom is 0.305 e. The minimum absolute atomic E-state index is 0.194. The average molecular weight is 312 g/mol. The van der Waals surface area contributed by atoms with Gasteiger partial charge >= 0.3 is 5.97 Å². The summed E-state index contributed by atoms with van der Waals surface area (Å²) in [6.45, 7) is 2.58. The van der Waals surface area contributed by atoms with Crippen LogP contribution in [0, 0.1) is 0 Å². The zero-order chi connectivity index (χ0) is 16.5. The Morgan fingerprint density at radius 3 is 2.57 bits per heavy atom. The Labute approximate surface area is 135 Å². The van der Waals surface area contributed by atoms with Gasteiger partial charge in [0.15, 0.2) is 0 Å². The minimum atomic E-state index is -0.240. The molecule has 0 saturated heterocycles. The Hall–Kier alpha value is -2.69. The van der Waals surface area contributed by atoms with Gasteiger partial charge < -0.3 is 10.1 Å². The van der Waals surface area contributed by atoms with Crippen molar-refractivity contribution < 1.29 is 14.3 Å². The van der Waals surface area contributed by atoms with E-state index in [0.29, 0.717) is 31.6 Å². The van der Waals surface area contributed by atoms with Crippen LogP contribution in [0.25, 0.3) is 11.3 Å². The van der Waals surface area contributed by atoms with Crippen LogP contribution in [0.1, 0.15) is 30.1 Å². The highest BCUT2D eigenvalue weighted by Crippen LogP contribution is 2.16. The van der Waals surface area contributed by atoms with Crippen molar-refractivity contribution in [3.05, 3.63) is 54.2 Å². The van der Waals surface area contributed by atoms with Crippen LogP contribution in [0.2, 0.25) is 0 Å². The van der Waals surface area contributed by atoms with Crippen molar-refractivity contribution in [1.82, 2.24) is 10.3 Å². The van der Waals surface area contributed by atoms with Crippen LogP contribution in [0.3, 0.4) is 0 Å². The highest BCUT2D eigenvalue weighted by atomic mass is 16.5. The van der Waals surface area contributed by atoms with E-state index < -0.39 is 0 Å². The molecule has 0 aliphatic carbocycles. The van der Waals surface area contributed by atoms with E-state index in [0.717, 1.165) is 11.3 Å². The SMILES string of the molecule is CCOC(=O)CCCNC(=O)c1ccc(-c2ccccc2)nc1. The number of ether oxygens (including phenoxy) is 1. The first kappa shape index (κ1) is 16.7. The van der Waals surface area contributed by atoms with Gasteiger partial charge in [-0.2, -0.15) is 0 Å². The number of benzene rings is 1. The number of aromatic nitrogens is 1. The number of carbonyl (C=O) groups excluding carboxylic acids is 2. The molecule has 0 radical (unpaired) electrons. The van der Waals surface area contributed by atoms with Gasteiger partial charge in [-0.3, -0.25) is 14.6 Å². The molecule has 0 fully saturated rings. The number of nitrogens with zero attached hydrogens (tertiary/aromatic N) is 1. The van der Waals surface area contributed by atoms with Crippen LogP contribution < -0.4 is 5.32 Å². The lowest BCUT2D eigenvalue weighted by Gasteiger charge is -2.06. The van der Waals surface area contributed by atoms with E-state index in [-0.39, 0.29) is 11.9 Å². The van der Waals surface area contributed by atoms with Crippen LogP contribution in [0.4, 0.5) is 0 Å². The third kappa shape index (κ3) is 5.21. The highest BCUT2D eigenvalue weighted by molar-refractivity contribution is 5.94. The van der Waals surface area contributed by atoms with Gasteiger partial charge in [-0.1, -0.05) is 30.3 Å². The quantitative estimate of drug-likeness (QED) is 0.630. The van der Waals surface area contributed by atoms with Crippen LogP contribution >= 0.6 is 0 Å². The van der Waals surface area contributed by atoms with E-state index in [2.05, 4.69) is 10.3 Å². The molecule has 0 unspecified atom stereocenters. The fourth-order valence-corrected chi connectivity index (χ4v) is 2.08. The van der Waals surface area contributed by atoms with E-state index >= 15 is 0 Å². The number of nitrogens with one attached hydrogen (secondary N) is 1. The summed E-state index contributed by atoms with van der Waals surface area (Å²) in [7, 11) is 0.